The van der Waals surface area contributed by atoms with Crippen LogP contribution in [0.1, 0.15) is 52.5 Å². The Morgan fingerprint density at radius 1 is 1.18 bits per heavy atom. The Hall–Kier alpha value is -2.64. The summed E-state index contributed by atoms with van der Waals surface area (Å²) in [5, 5.41) is 0. The molecule has 4 atom stereocenters. The Balaban J connectivity index is 2.18. The molecular weight excluding hydrogens is 573 g/mol. The van der Waals surface area contributed by atoms with Gasteiger partial charge in [-0.15, -0.1) is 6.58 Å². The normalized spacial score (nSPS) is 26.1. The average Bonchev–Trinajstić information content (AvgIpc) is 3.12. The molecule has 40 heavy (non-hydrogen) atoms. The van der Waals surface area contributed by atoms with Crippen molar-refractivity contribution in [3.8, 4) is 0 Å². The number of benzene rings is 1. The Bertz CT molecular complexity index is 1440. The Kier molecular flexibility index (Phi) is 8.75. The van der Waals surface area contributed by atoms with Crippen molar-refractivity contribution in [2.75, 3.05) is 6.61 Å². The molecule has 2 aliphatic rings. The standard InChI is InChI=1S/C27H33F3O8S2/c1-7-8-18(3)25(5)14-13-22-24(38-40(34,35)27(28,29)30)20(15-23(26(22,25)6)37-19(4)31)16-36-39(32,33)21-11-9-17(2)10-12-21/h7,9-13,18,23H,1,8,14-16H2,2-6H3/t18-,23-,25+,26+/m1/s1. The molecule has 0 spiro atoms. The van der Waals surface area contributed by atoms with E-state index in [1.807, 2.05) is 13.8 Å². The third kappa shape index (κ3) is 5.73. The van der Waals surface area contributed by atoms with Crippen molar-refractivity contribution in [1.29, 1.82) is 0 Å². The molecule has 222 valence electrons. The van der Waals surface area contributed by atoms with Crippen LogP contribution in [0.3, 0.4) is 0 Å². The number of allylic oxidation sites excluding steroid dienone is 3. The second kappa shape index (κ2) is 11.0. The van der Waals surface area contributed by atoms with Crippen LogP contribution in [0.25, 0.3) is 0 Å². The molecule has 0 fully saturated rings. The Morgan fingerprint density at radius 2 is 1.77 bits per heavy atom. The fourth-order valence-electron chi connectivity index (χ4n) is 5.52. The van der Waals surface area contributed by atoms with Gasteiger partial charge in [0, 0.05) is 29.9 Å². The van der Waals surface area contributed by atoms with Gasteiger partial charge in [0.15, 0.2) is 0 Å². The third-order valence-electron chi connectivity index (χ3n) is 8.21. The maximum Gasteiger partial charge on any atom is 0.534 e. The van der Waals surface area contributed by atoms with Crippen molar-refractivity contribution < 1.29 is 47.9 Å². The van der Waals surface area contributed by atoms with Gasteiger partial charge in [0.25, 0.3) is 10.1 Å². The van der Waals surface area contributed by atoms with Crippen molar-refractivity contribution in [3.05, 3.63) is 65.5 Å². The minimum absolute atomic E-state index is 0.0718. The molecule has 1 aromatic rings. The minimum Gasteiger partial charge on any atom is -0.461 e. The smallest absolute Gasteiger partial charge is 0.461 e. The van der Waals surface area contributed by atoms with E-state index in [-0.39, 0.29) is 28.4 Å². The van der Waals surface area contributed by atoms with E-state index in [9.17, 15) is 34.8 Å². The third-order valence-corrected chi connectivity index (χ3v) is 10.4. The van der Waals surface area contributed by atoms with E-state index in [1.165, 1.54) is 31.2 Å². The Morgan fingerprint density at radius 3 is 2.30 bits per heavy atom. The lowest BCUT2D eigenvalue weighted by atomic mass is 9.53. The van der Waals surface area contributed by atoms with E-state index in [0.29, 0.717) is 12.8 Å². The first kappa shape index (κ1) is 31.9. The van der Waals surface area contributed by atoms with Gasteiger partial charge in [-0.05, 0) is 43.2 Å². The molecular formula is C27H33F3O8S2. The van der Waals surface area contributed by atoms with E-state index in [1.54, 1.807) is 26.0 Å². The van der Waals surface area contributed by atoms with Crippen LogP contribution >= 0.6 is 0 Å². The summed E-state index contributed by atoms with van der Waals surface area (Å²) in [4.78, 5) is 11.9. The van der Waals surface area contributed by atoms with Crippen LogP contribution in [0, 0.1) is 23.7 Å². The molecule has 0 radical (unpaired) electrons. The largest absolute Gasteiger partial charge is 0.534 e. The number of carbonyl (C=O) groups is 1. The molecule has 13 heteroatoms. The van der Waals surface area contributed by atoms with Gasteiger partial charge in [0.1, 0.15) is 11.9 Å². The van der Waals surface area contributed by atoms with Gasteiger partial charge in [-0.2, -0.15) is 30.0 Å². The summed E-state index contributed by atoms with van der Waals surface area (Å²) in [7, 11) is -10.5. The number of ether oxygens (including phenoxy) is 1. The van der Waals surface area contributed by atoms with Gasteiger partial charge >= 0.3 is 21.6 Å². The van der Waals surface area contributed by atoms with Crippen LogP contribution in [-0.4, -0.2) is 41.0 Å². The Labute approximate surface area is 233 Å². The zero-order chi connectivity index (χ0) is 30.3. The van der Waals surface area contributed by atoms with Gasteiger partial charge in [0.05, 0.1) is 11.5 Å². The van der Waals surface area contributed by atoms with Crippen molar-refractivity contribution in [1.82, 2.24) is 0 Å². The number of carbonyl (C=O) groups excluding carboxylic acids is 1. The zero-order valence-electron chi connectivity index (χ0n) is 22.9. The molecule has 3 rings (SSSR count). The van der Waals surface area contributed by atoms with Crippen LogP contribution in [0.2, 0.25) is 0 Å². The fraction of sp³-hybridized carbons (Fsp3) is 0.519. The number of alkyl halides is 3. The van der Waals surface area contributed by atoms with E-state index in [2.05, 4.69) is 6.58 Å². The van der Waals surface area contributed by atoms with E-state index >= 15 is 0 Å². The SMILES string of the molecule is C=CC[C@@H](C)[C@]1(C)CC=C2C(OS(=O)(=O)C(F)(F)F)=C(COS(=O)(=O)c3ccc(C)cc3)C[C@@H](OC(C)=O)[C@]21C. The summed E-state index contributed by atoms with van der Waals surface area (Å²) in [6.07, 6.45) is 2.75. The fourth-order valence-corrected chi connectivity index (χ4v) is 6.94. The average molecular weight is 607 g/mol. The van der Waals surface area contributed by atoms with Gasteiger partial charge < -0.3 is 8.92 Å². The number of aryl methyl sites for hydroxylation is 1. The molecule has 0 unspecified atom stereocenters. The highest BCUT2D eigenvalue weighted by Gasteiger charge is 2.62. The second-order valence-electron chi connectivity index (χ2n) is 10.6. The first-order valence-corrected chi connectivity index (χ1v) is 15.3. The molecule has 0 amide bonds. The molecule has 8 nitrogen and oxygen atoms in total. The zero-order valence-corrected chi connectivity index (χ0v) is 24.5. The maximum atomic E-state index is 13.5. The molecule has 0 saturated heterocycles. The number of rotatable bonds is 10. The van der Waals surface area contributed by atoms with Crippen LogP contribution < -0.4 is 0 Å². The first-order chi connectivity index (χ1) is 18.3. The minimum atomic E-state index is -6.14. The van der Waals surface area contributed by atoms with Crippen LogP contribution in [-0.2, 0) is 38.1 Å². The quantitative estimate of drug-likeness (QED) is 0.144. The molecule has 0 saturated carbocycles. The summed E-state index contributed by atoms with van der Waals surface area (Å²) in [6, 6.07) is 5.68. The number of fused-ring (bicyclic) bond motifs is 1. The van der Waals surface area contributed by atoms with Crippen LogP contribution in [0.15, 0.2) is 64.8 Å². The first-order valence-electron chi connectivity index (χ1n) is 12.5. The lowest BCUT2D eigenvalue weighted by Crippen LogP contribution is -2.52. The topological polar surface area (TPSA) is 113 Å². The molecule has 0 aromatic heterocycles. The predicted molar refractivity (Wildman–Crippen MR) is 140 cm³/mol. The molecule has 0 heterocycles. The molecule has 2 aliphatic carbocycles. The van der Waals surface area contributed by atoms with Gasteiger partial charge in [-0.25, -0.2) is 0 Å². The van der Waals surface area contributed by atoms with Crippen molar-refractivity contribution in [2.45, 2.75) is 70.4 Å². The summed E-state index contributed by atoms with van der Waals surface area (Å²) in [5.41, 5.74) is -7.03. The summed E-state index contributed by atoms with van der Waals surface area (Å²) in [5.74, 6) is -1.45. The lowest BCUT2D eigenvalue weighted by molar-refractivity contribution is -0.159. The van der Waals surface area contributed by atoms with Crippen molar-refractivity contribution in [2.24, 2.45) is 16.7 Å². The lowest BCUT2D eigenvalue weighted by Gasteiger charge is -2.52. The molecule has 0 aliphatic heterocycles. The highest BCUT2D eigenvalue weighted by molar-refractivity contribution is 7.87. The van der Waals surface area contributed by atoms with Crippen LogP contribution in [0.4, 0.5) is 13.2 Å². The summed E-state index contributed by atoms with van der Waals surface area (Å²) in [6.45, 7) is 11.3. The molecule has 1 aromatic carbocycles. The van der Waals surface area contributed by atoms with Gasteiger partial charge in [-0.3, -0.25) is 8.98 Å². The van der Waals surface area contributed by atoms with Gasteiger partial charge in [0.2, 0.25) is 0 Å². The van der Waals surface area contributed by atoms with E-state index < -0.39 is 61.0 Å². The molecule has 0 N–H and O–H groups in total. The highest BCUT2D eigenvalue weighted by atomic mass is 32.2. The van der Waals surface area contributed by atoms with Crippen molar-refractivity contribution >= 4 is 26.2 Å². The number of halogens is 3. The van der Waals surface area contributed by atoms with Crippen molar-refractivity contribution in [3.63, 3.8) is 0 Å². The second-order valence-corrected chi connectivity index (χ2v) is 13.8. The van der Waals surface area contributed by atoms with Gasteiger partial charge in [-0.1, -0.05) is 50.6 Å². The summed E-state index contributed by atoms with van der Waals surface area (Å²) < 4.78 is 106. The van der Waals surface area contributed by atoms with Crippen LogP contribution in [0.5, 0.6) is 0 Å². The number of hydrogen-bond donors (Lipinski definition) is 0. The maximum absolute atomic E-state index is 13.5. The monoisotopic (exact) mass is 606 g/mol. The number of esters is 1. The number of hydrogen-bond acceptors (Lipinski definition) is 8. The summed E-state index contributed by atoms with van der Waals surface area (Å²) >= 11 is 0. The molecule has 0 bridgehead atoms. The van der Waals surface area contributed by atoms with E-state index in [0.717, 1.165) is 5.56 Å². The van der Waals surface area contributed by atoms with E-state index in [4.69, 9.17) is 13.1 Å². The highest BCUT2D eigenvalue weighted by Crippen LogP contribution is 2.64. The predicted octanol–water partition coefficient (Wildman–Crippen LogP) is 5.71.